The second-order valence-corrected chi connectivity index (χ2v) is 5.94. The van der Waals surface area contributed by atoms with Crippen LogP contribution < -0.4 is 0 Å². The summed E-state index contributed by atoms with van der Waals surface area (Å²) in [7, 11) is 0. The largest absolute Gasteiger partial charge is 0.336 e. The highest BCUT2D eigenvalue weighted by Crippen LogP contribution is 2.12. The van der Waals surface area contributed by atoms with Crippen molar-refractivity contribution in [1.82, 2.24) is 14.7 Å². The molecule has 0 fully saturated rings. The number of rotatable bonds is 6. The van der Waals surface area contributed by atoms with Crippen LogP contribution in [0.5, 0.6) is 0 Å². The third-order valence-corrected chi connectivity index (χ3v) is 3.83. The Morgan fingerprint density at radius 3 is 2.67 bits per heavy atom. The molecule has 1 amide bonds. The van der Waals surface area contributed by atoms with Crippen molar-refractivity contribution in [1.29, 1.82) is 0 Å². The van der Waals surface area contributed by atoms with Crippen LogP contribution in [-0.2, 0) is 0 Å². The molecule has 1 aromatic heterocycles. The van der Waals surface area contributed by atoms with Crippen LogP contribution in [0.3, 0.4) is 0 Å². The average molecular weight is 350 g/mol. The van der Waals surface area contributed by atoms with E-state index in [1.165, 1.54) is 0 Å². The maximum Gasteiger partial charge on any atom is 0.257 e. The number of nitrogens with zero attached hydrogens (tertiary/aromatic N) is 3. The van der Waals surface area contributed by atoms with Gasteiger partial charge in [0.2, 0.25) is 0 Å². The summed E-state index contributed by atoms with van der Waals surface area (Å²) in [6, 6.07) is 9.97. The van der Waals surface area contributed by atoms with Crippen molar-refractivity contribution in [3.63, 3.8) is 0 Å². The first kappa shape index (κ1) is 15.8. The highest BCUT2D eigenvalue weighted by Gasteiger charge is 2.19. The van der Waals surface area contributed by atoms with E-state index in [0.29, 0.717) is 5.56 Å². The molecule has 0 N–H and O–H groups in total. The van der Waals surface area contributed by atoms with E-state index in [1.807, 2.05) is 49.1 Å². The number of alkyl halides is 1. The van der Waals surface area contributed by atoms with Crippen LogP contribution in [0, 0.1) is 0 Å². The Hall–Kier alpha value is -1.62. The number of carbonyl (C=O) groups is 1. The number of para-hydroxylation sites is 1. The van der Waals surface area contributed by atoms with Crippen molar-refractivity contribution in [3.8, 4) is 5.69 Å². The van der Waals surface area contributed by atoms with Crippen molar-refractivity contribution in [3.05, 3.63) is 48.3 Å². The summed E-state index contributed by atoms with van der Waals surface area (Å²) in [6.07, 6.45) is 4.37. The van der Waals surface area contributed by atoms with Crippen molar-refractivity contribution in [2.75, 3.05) is 11.9 Å². The molecule has 5 heteroatoms. The predicted octanol–water partition coefficient (Wildman–Crippen LogP) is 3.51. The van der Waals surface area contributed by atoms with E-state index in [4.69, 9.17) is 0 Å². The summed E-state index contributed by atoms with van der Waals surface area (Å²) in [4.78, 5) is 14.5. The van der Waals surface area contributed by atoms with E-state index >= 15 is 0 Å². The van der Waals surface area contributed by atoms with Crippen LogP contribution in [0.4, 0.5) is 0 Å². The second kappa shape index (κ2) is 7.41. The van der Waals surface area contributed by atoms with Gasteiger partial charge in [0.1, 0.15) is 0 Å². The van der Waals surface area contributed by atoms with E-state index in [0.717, 1.165) is 24.0 Å². The molecule has 0 spiro atoms. The normalized spacial score (nSPS) is 10.9. The van der Waals surface area contributed by atoms with Crippen LogP contribution in [0.15, 0.2) is 42.7 Å². The molecule has 0 saturated heterocycles. The van der Waals surface area contributed by atoms with Gasteiger partial charge >= 0.3 is 0 Å². The number of aromatic nitrogens is 2. The van der Waals surface area contributed by atoms with E-state index in [9.17, 15) is 4.79 Å². The summed E-state index contributed by atoms with van der Waals surface area (Å²) < 4.78 is 1.73. The number of benzene rings is 1. The summed E-state index contributed by atoms with van der Waals surface area (Å²) in [5.74, 6) is 0.0353. The van der Waals surface area contributed by atoms with Gasteiger partial charge in [0.15, 0.2) is 0 Å². The Morgan fingerprint density at radius 2 is 2.05 bits per heavy atom. The van der Waals surface area contributed by atoms with Crippen molar-refractivity contribution in [2.24, 2.45) is 0 Å². The van der Waals surface area contributed by atoms with Gasteiger partial charge in [-0.05, 0) is 32.4 Å². The highest BCUT2D eigenvalue weighted by molar-refractivity contribution is 9.09. The zero-order valence-electron chi connectivity index (χ0n) is 12.4. The highest BCUT2D eigenvalue weighted by atomic mass is 79.9. The second-order valence-electron chi connectivity index (χ2n) is 5.14. The van der Waals surface area contributed by atoms with Crippen LogP contribution in [0.25, 0.3) is 5.69 Å². The molecular formula is C16H20BrN3O. The first-order valence-corrected chi connectivity index (χ1v) is 8.22. The van der Waals surface area contributed by atoms with Gasteiger partial charge in [-0.1, -0.05) is 34.1 Å². The Kier molecular flexibility index (Phi) is 5.56. The van der Waals surface area contributed by atoms with Gasteiger partial charge in [-0.2, -0.15) is 5.10 Å². The molecule has 2 aromatic rings. The third-order valence-electron chi connectivity index (χ3n) is 3.27. The zero-order valence-corrected chi connectivity index (χ0v) is 14.0. The Balaban J connectivity index is 2.17. The van der Waals surface area contributed by atoms with Crippen LogP contribution in [-0.4, -0.2) is 38.5 Å². The van der Waals surface area contributed by atoms with Gasteiger partial charge in [-0.15, -0.1) is 0 Å². The molecule has 0 aliphatic carbocycles. The Labute approximate surface area is 133 Å². The molecule has 1 heterocycles. The third kappa shape index (κ3) is 3.94. The lowest BCUT2D eigenvalue weighted by Gasteiger charge is -2.26. The lowest BCUT2D eigenvalue weighted by atomic mass is 10.2. The van der Waals surface area contributed by atoms with Gasteiger partial charge in [0.25, 0.3) is 5.91 Å². The molecule has 0 atom stereocenters. The molecule has 0 saturated carbocycles. The number of amides is 1. The molecule has 0 unspecified atom stereocenters. The van der Waals surface area contributed by atoms with E-state index in [1.54, 1.807) is 17.1 Å². The number of hydrogen-bond donors (Lipinski definition) is 0. The van der Waals surface area contributed by atoms with Crippen LogP contribution >= 0.6 is 15.9 Å². The quantitative estimate of drug-likeness (QED) is 0.748. The van der Waals surface area contributed by atoms with Crippen LogP contribution in [0.1, 0.15) is 30.6 Å². The summed E-state index contributed by atoms with van der Waals surface area (Å²) in [6.45, 7) is 4.82. The number of carbonyl (C=O) groups excluding carboxylic acids is 1. The van der Waals surface area contributed by atoms with E-state index in [2.05, 4.69) is 21.0 Å². The SMILES string of the molecule is CC(C)N(CCCBr)C(=O)c1cnn(-c2ccccc2)c1. The average Bonchev–Trinajstić information content (AvgIpc) is 2.98. The lowest BCUT2D eigenvalue weighted by Crippen LogP contribution is -2.37. The maximum absolute atomic E-state index is 12.6. The molecular weight excluding hydrogens is 330 g/mol. The van der Waals surface area contributed by atoms with Crippen LogP contribution in [0.2, 0.25) is 0 Å². The molecule has 1 aromatic carbocycles. The molecule has 2 rings (SSSR count). The lowest BCUT2D eigenvalue weighted by molar-refractivity contribution is 0.0706. The fourth-order valence-electron chi connectivity index (χ4n) is 2.15. The van der Waals surface area contributed by atoms with E-state index < -0.39 is 0 Å². The summed E-state index contributed by atoms with van der Waals surface area (Å²) in [5.41, 5.74) is 1.58. The molecule has 0 aliphatic rings. The Bertz CT molecular complexity index is 580. The summed E-state index contributed by atoms with van der Waals surface area (Å²) >= 11 is 3.41. The minimum absolute atomic E-state index is 0.0353. The minimum atomic E-state index is 0.0353. The molecule has 0 aliphatic heterocycles. The molecule has 21 heavy (non-hydrogen) atoms. The van der Waals surface area contributed by atoms with Gasteiger partial charge < -0.3 is 4.90 Å². The fraction of sp³-hybridized carbons (Fsp3) is 0.375. The predicted molar refractivity (Wildman–Crippen MR) is 88.1 cm³/mol. The van der Waals surface area contributed by atoms with Gasteiger partial charge in [0.05, 0.1) is 17.4 Å². The maximum atomic E-state index is 12.6. The fourth-order valence-corrected chi connectivity index (χ4v) is 2.40. The molecule has 112 valence electrons. The van der Waals surface area contributed by atoms with E-state index in [-0.39, 0.29) is 11.9 Å². The topological polar surface area (TPSA) is 38.1 Å². The van der Waals surface area contributed by atoms with Gasteiger partial charge in [-0.25, -0.2) is 4.68 Å². The minimum Gasteiger partial charge on any atom is -0.336 e. The number of hydrogen-bond acceptors (Lipinski definition) is 2. The zero-order chi connectivity index (χ0) is 15.2. The first-order valence-electron chi connectivity index (χ1n) is 7.10. The van der Waals surface area contributed by atoms with Crippen molar-refractivity contribution < 1.29 is 4.79 Å². The summed E-state index contributed by atoms with van der Waals surface area (Å²) in [5, 5.41) is 5.19. The number of halogens is 1. The van der Waals surface area contributed by atoms with Crippen molar-refractivity contribution in [2.45, 2.75) is 26.3 Å². The van der Waals surface area contributed by atoms with Crippen molar-refractivity contribution >= 4 is 21.8 Å². The smallest absolute Gasteiger partial charge is 0.257 e. The molecule has 0 radical (unpaired) electrons. The Morgan fingerprint density at radius 1 is 1.33 bits per heavy atom. The molecule has 0 bridgehead atoms. The monoisotopic (exact) mass is 349 g/mol. The van der Waals surface area contributed by atoms with Gasteiger partial charge in [-0.3, -0.25) is 4.79 Å². The van der Waals surface area contributed by atoms with Gasteiger partial charge in [0, 0.05) is 24.1 Å². The standard InChI is InChI=1S/C16H20BrN3O/c1-13(2)19(10-6-9-17)16(21)14-11-18-20(12-14)15-7-4-3-5-8-15/h3-5,7-8,11-13H,6,9-10H2,1-2H3. The molecule has 4 nitrogen and oxygen atoms in total. The first-order chi connectivity index (χ1) is 10.1.